The number of hydrogen-bond donors (Lipinski definition) is 1. The van der Waals surface area contributed by atoms with Crippen LogP contribution in [0.25, 0.3) is 5.76 Å². The molecular formula is C21H17FNO5-. The van der Waals surface area contributed by atoms with Crippen LogP contribution >= 0.6 is 0 Å². The Morgan fingerprint density at radius 3 is 2.46 bits per heavy atom. The molecule has 0 aliphatic carbocycles. The van der Waals surface area contributed by atoms with Gasteiger partial charge in [0.05, 0.1) is 11.6 Å². The normalized spacial score (nSPS) is 18.5. The van der Waals surface area contributed by atoms with Crippen molar-refractivity contribution in [2.24, 2.45) is 0 Å². The van der Waals surface area contributed by atoms with Crippen LogP contribution in [0.5, 0.6) is 0 Å². The van der Waals surface area contributed by atoms with E-state index in [1.807, 2.05) is 0 Å². The molecule has 1 unspecified atom stereocenters. The van der Waals surface area contributed by atoms with E-state index in [1.165, 1.54) is 18.2 Å². The maximum atomic E-state index is 13.8. The van der Waals surface area contributed by atoms with Crippen LogP contribution in [0.3, 0.4) is 0 Å². The maximum absolute atomic E-state index is 13.8. The zero-order chi connectivity index (χ0) is 20.3. The van der Waals surface area contributed by atoms with Crippen LogP contribution in [-0.4, -0.2) is 34.2 Å². The molecule has 2 aromatic carbocycles. The van der Waals surface area contributed by atoms with Crippen LogP contribution in [-0.2, 0) is 14.4 Å². The molecule has 1 atom stereocenters. The Bertz CT molecular complexity index is 954. The average molecular weight is 382 g/mol. The molecule has 0 saturated carbocycles. The van der Waals surface area contributed by atoms with E-state index in [1.54, 1.807) is 36.4 Å². The van der Waals surface area contributed by atoms with E-state index in [0.29, 0.717) is 11.1 Å². The number of likely N-dealkylation sites (tertiary alicyclic amines) is 1. The summed E-state index contributed by atoms with van der Waals surface area (Å²) in [6.45, 7) is -0.0503. The molecule has 28 heavy (non-hydrogen) atoms. The molecule has 1 aliphatic heterocycles. The summed E-state index contributed by atoms with van der Waals surface area (Å²) in [6.07, 6.45) is -0.232. The number of rotatable bonds is 6. The van der Waals surface area contributed by atoms with Crippen molar-refractivity contribution < 1.29 is 29.0 Å². The van der Waals surface area contributed by atoms with Gasteiger partial charge in [-0.25, -0.2) is 4.39 Å². The first-order valence-corrected chi connectivity index (χ1v) is 8.69. The molecule has 1 amide bonds. The number of carboxylic acids is 1. The number of carbonyl (C=O) groups is 3. The Morgan fingerprint density at radius 1 is 1.11 bits per heavy atom. The molecule has 1 N–H and O–H groups in total. The number of benzene rings is 2. The number of carboxylic acid groups (broad SMARTS) is 1. The summed E-state index contributed by atoms with van der Waals surface area (Å²) in [6, 6.07) is 12.6. The second kappa shape index (κ2) is 8.04. The Balaban J connectivity index is 2.10. The second-order valence-corrected chi connectivity index (χ2v) is 6.39. The van der Waals surface area contributed by atoms with Gasteiger partial charge in [-0.2, -0.15) is 0 Å². The first kappa shape index (κ1) is 19.3. The van der Waals surface area contributed by atoms with Crippen LogP contribution < -0.4 is 5.11 Å². The predicted octanol–water partition coefficient (Wildman–Crippen LogP) is 1.78. The maximum Gasteiger partial charge on any atom is 0.295 e. The van der Waals surface area contributed by atoms with Gasteiger partial charge in [0.1, 0.15) is 11.6 Å². The monoisotopic (exact) mass is 382 g/mol. The molecule has 1 aliphatic rings. The van der Waals surface area contributed by atoms with Crippen molar-refractivity contribution in [3.63, 3.8) is 0 Å². The van der Waals surface area contributed by atoms with Gasteiger partial charge in [0.15, 0.2) is 0 Å². The predicted molar refractivity (Wildman–Crippen MR) is 96.1 cm³/mol. The van der Waals surface area contributed by atoms with Crippen LogP contribution in [0, 0.1) is 5.82 Å². The molecule has 0 aromatic heterocycles. The van der Waals surface area contributed by atoms with Crippen LogP contribution in [0.4, 0.5) is 4.39 Å². The smallest absolute Gasteiger partial charge is 0.295 e. The largest absolute Gasteiger partial charge is 0.550 e. The molecule has 2 aromatic rings. The lowest BCUT2D eigenvalue weighted by molar-refractivity contribution is -0.305. The molecule has 3 rings (SSSR count). The van der Waals surface area contributed by atoms with E-state index in [2.05, 4.69) is 0 Å². The highest BCUT2D eigenvalue weighted by molar-refractivity contribution is 6.46. The third-order valence-electron chi connectivity index (χ3n) is 4.53. The number of halogens is 1. The Morgan fingerprint density at radius 2 is 1.82 bits per heavy atom. The quantitative estimate of drug-likeness (QED) is 0.467. The number of aliphatic carboxylic acids is 1. The van der Waals surface area contributed by atoms with E-state index in [4.69, 9.17) is 0 Å². The van der Waals surface area contributed by atoms with Crippen molar-refractivity contribution in [2.75, 3.05) is 6.54 Å². The molecule has 7 heteroatoms. The molecule has 1 fully saturated rings. The van der Waals surface area contributed by atoms with Crippen molar-refractivity contribution >= 4 is 23.4 Å². The molecule has 1 heterocycles. The van der Waals surface area contributed by atoms with Crippen molar-refractivity contribution in [3.05, 3.63) is 77.1 Å². The minimum Gasteiger partial charge on any atom is -0.550 e. The third-order valence-corrected chi connectivity index (χ3v) is 4.53. The molecule has 144 valence electrons. The summed E-state index contributed by atoms with van der Waals surface area (Å²) >= 11 is 0. The SMILES string of the molecule is O=C([O-])CCCN1C(=O)C(=O)C(=C(O)c2ccccc2)C1c1cccc(F)c1. The summed E-state index contributed by atoms with van der Waals surface area (Å²) in [4.78, 5) is 37.1. The second-order valence-electron chi connectivity index (χ2n) is 6.39. The van der Waals surface area contributed by atoms with Gasteiger partial charge in [0.25, 0.3) is 11.7 Å². The lowest BCUT2D eigenvalue weighted by atomic mass is 9.95. The molecule has 0 bridgehead atoms. The van der Waals surface area contributed by atoms with Crippen LogP contribution in [0.15, 0.2) is 60.2 Å². The average Bonchev–Trinajstić information content (AvgIpc) is 2.93. The lowest BCUT2D eigenvalue weighted by Gasteiger charge is -2.25. The Labute approximate surface area is 160 Å². The van der Waals surface area contributed by atoms with E-state index < -0.39 is 29.5 Å². The standard InChI is InChI=1S/C21H18FNO5/c22-15-9-4-8-14(12-15)18-17(19(26)13-6-2-1-3-7-13)20(27)21(28)23(18)11-5-10-16(24)25/h1-4,6-9,12,18,26H,5,10-11H2,(H,24,25)/p-1. The zero-order valence-electron chi connectivity index (χ0n) is 14.8. The van der Waals surface area contributed by atoms with Crippen LogP contribution in [0.1, 0.15) is 30.0 Å². The Hall–Kier alpha value is -3.48. The number of nitrogens with zero attached hydrogens (tertiary/aromatic N) is 1. The minimum atomic E-state index is -1.27. The molecule has 6 nitrogen and oxygen atoms in total. The highest BCUT2D eigenvalue weighted by Crippen LogP contribution is 2.39. The van der Waals surface area contributed by atoms with Gasteiger partial charge in [0.2, 0.25) is 0 Å². The molecular weight excluding hydrogens is 365 g/mol. The number of ketones is 1. The van der Waals surface area contributed by atoms with Gasteiger partial charge >= 0.3 is 0 Å². The van der Waals surface area contributed by atoms with Crippen molar-refractivity contribution in [1.29, 1.82) is 0 Å². The fraction of sp³-hybridized carbons (Fsp3) is 0.190. The van der Waals surface area contributed by atoms with Crippen molar-refractivity contribution in [1.82, 2.24) is 4.90 Å². The van der Waals surface area contributed by atoms with E-state index in [-0.39, 0.29) is 30.7 Å². The van der Waals surface area contributed by atoms with Gasteiger partial charge in [0, 0.05) is 18.1 Å². The summed E-state index contributed by atoms with van der Waals surface area (Å²) in [7, 11) is 0. The van der Waals surface area contributed by atoms with E-state index in [0.717, 1.165) is 4.90 Å². The van der Waals surface area contributed by atoms with Gasteiger partial charge in [-0.05, 0) is 30.5 Å². The molecule has 0 radical (unpaired) electrons. The summed E-state index contributed by atoms with van der Waals surface area (Å²) in [5.74, 6) is -3.97. The number of amides is 1. The number of aliphatic hydroxyl groups excluding tert-OH is 1. The highest BCUT2D eigenvalue weighted by Gasteiger charge is 2.45. The van der Waals surface area contributed by atoms with E-state index >= 15 is 0 Å². The summed E-state index contributed by atoms with van der Waals surface area (Å²) < 4.78 is 13.8. The van der Waals surface area contributed by atoms with Gasteiger partial charge in [-0.1, -0.05) is 42.5 Å². The number of carbonyl (C=O) groups excluding carboxylic acids is 3. The number of aliphatic hydroxyl groups is 1. The number of hydrogen-bond acceptors (Lipinski definition) is 5. The van der Waals surface area contributed by atoms with Crippen LogP contribution in [0.2, 0.25) is 0 Å². The minimum absolute atomic E-state index is 0.0503. The Kier molecular flexibility index (Phi) is 5.54. The van der Waals surface area contributed by atoms with Gasteiger partial charge in [-0.15, -0.1) is 0 Å². The fourth-order valence-electron chi connectivity index (χ4n) is 3.28. The molecule has 0 spiro atoms. The first-order valence-electron chi connectivity index (χ1n) is 8.69. The van der Waals surface area contributed by atoms with E-state index in [9.17, 15) is 29.0 Å². The highest BCUT2D eigenvalue weighted by atomic mass is 19.1. The fourth-order valence-corrected chi connectivity index (χ4v) is 3.28. The third kappa shape index (κ3) is 3.78. The number of Topliss-reactive ketones (excluding diaryl/α,β-unsaturated/α-hetero) is 1. The first-order chi connectivity index (χ1) is 13.4. The van der Waals surface area contributed by atoms with Crippen molar-refractivity contribution in [3.8, 4) is 0 Å². The topological polar surface area (TPSA) is 97.7 Å². The summed E-state index contributed by atoms with van der Waals surface area (Å²) in [5.41, 5.74) is 0.497. The van der Waals surface area contributed by atoms with Crippen molar-refractivity contribution in [2.45, 2.75) is 18.9 Å². The molecule has 1 saturated heterocycles. The van der Waals surface area contributed by atoms with Gasteiger partial charge < -0.3 is 19.9 Å². The summed E-state index contributed by atoms with van der Waals surface area (Å²) in [5, 5.41) is 21.4. The lowest BCUT2D eigenvalue weighted by Crippen LogP contribution is -2.32. The zero-order valence-corrected chi connectivity index (χ0v) is 14.8. The van der Waals surface area contributed by atoms with Gasteiger partial charge in [-0.3, -0.25) is 9.59 Å².